The molecular weight excluding hydrogens is 276 g/mol. The summed E-state index contributed by atoms with van der Waals surface area (Å²) in [4.78, 5) is 14.4. The Morgan fingerprint density at radius 2 is 2.10 bits per heavy atom. The van der Waals surface area contributed by atoms with E-state index in [0.717, 1.165) is 4.73 Å². The van der Waals surface area contributed by atoms with E-state index in [-0.39, 0.29) is 17.1 Å². The lowest BCUT2D eigenvalue weighted by Crippen LogP contribution is -2.46. The quantitative estimate of drug-likeness (QED) is 0.477. The van der Waals surface area contributed by atoms with Gasteiger partial charge >= 0.3 is 0 Å². The van der Waals surface area contributed by atoms with Gasteiger partial charge in [-0.3, -0.25) is 4.79 Å². The van der Waals surface area contributed by atoms with Crippen molar-refractivity contribution in [2.75, 3.05) is 26.3 Å². The van der Waals surface area contributed by atoms with Crippen LogP contribution in [0.1, 0.15) is 13.8 Å². The number of aromatic nitrogens is 1. The Morgan fingerprint density at radius 3 is 2.70 bits per heavy atom. The molecule has 2 heterocycles. The number of ether oxygens (including phenoxy) is 1. The Balaban J connectivity index is 2.10. The summed E-state index contributed by atoms with van der Waals surface area (Å²) < 4.78 is 6.08. The second-order valence-electron chi connectivity index (χ2n) is 5.08. The average Bonchev–Trinajstić information content (AvgIpc) is 2.46. The predicted octanol–water partition coefficient (Wildman–Crippen LogP) is 1.30. The number of hydrogen-bond acceptors (Lipinski definition) is 4. The smallest absolute Gasteiger partial charge is 0.252 e. The first-order valence-electron chi connectivity index (χ1n) is 6.81. The maximum atomic E-state index is 12.6. The zero-order chi connectivity index (χ0) is 14.5. The molecule has 0 N–H and O–H groups in total. The number of carbonyl (C=O) groups excluding carboxylic acids is 1. The Morgan fingerprint density at radius 1 is 1.40 bits per heavy atom. The maximum absolute atomic E-state index is 12.6. The van der Waals surface area contributed by atoms with Crippen LogP contribution >= 0.6 is 11.8 Å². The number of morpholine rings is 1. The minimum atomic E-state index is -0.240. The second-order valence-corrected chi connectivity index (χ2v) is 6.25. The molecule has 6 heteroatoms. The summed E-state index contributed by atoms with van der Waals surface area (Å²) >= 11 is 1.34. The van der Waals surface area contributed by atoms with E-state index in [4.69, 9.17) is 4.74 Å². The molecule has 0 aliphatic carbocycles. The lowest BCUT2D eigenvalue weighted by molar-refractivity contribution is -0.645. The highest BCUT2D eigenvalue weighted by atomic mass is 32.2. The fourth-order valence-electron chi connectivity index (χ4n) is 2.07. The van der Waals surface area contributed by atoms with E-state index in [2.05, 4.69) is 0 Å². The summed E-state index contributed by atoms with van der Waals surface area (Å²) in [5.41, 5.74) is 0. The summed E-state index contributed by atoms with van der Waals surface area (Å²) in [6.45, 7) is 6.47. The Kier molecular flexibility index (Phi) is 5.25. The van der Waals surface area contributed by atoms with Crippen molar-refractivity contribution in [3.8, 4) is 0 Å². The van der Waals surface area contributed by atoms with E-state index in [1.165, 1.54) is 18.0 Å². The van der Waals surface area contributed by atoms with Crippen LogP contribution in [0.5, 0.6) is 0 Å². The van der Waals surface area contributed by atoms with Crippen LogP contribution in [0, 0.1) is 11.1 Å². The molecule has 20 heavy (non-hydrogen) atoms. The van der Waals surface area contributed by atoms with Crippen LogP contribution in [0.2, 0.25) is 0 Å². The zero-order valence-corrected chi connectivity index (χ0v) is 12.6. The number of hydrogen-bond donors (Lipinski definition) is 0. The van der Waals surface area contributed by atoms with E-state index >= 15 is 0 Å². The topological polar surface area (TPSA) is 56.5 Å². The third-order valence-corrected chi connectivity index (χ3v) is 4.77. The summed E-state index contributed by atoms with van der Waals surface area (Å²) in [7, 11) is 0. The number of carbonyl (C=O) groups is 1. The van der Waals surface area contributed by atoms with Gasteiger partial charge in [0.05, 0.1) is 18.5 Å². The number of nitrogens with zero attached hydrogens (tertiary/aromatic N) is 2. The molecule has 110 valence electrons. The van der Waals surface area contributed by atoms with Crippen molar-refractivity contribution in [1.82, 2.24) is 4.90 Å². The number of pyridine rings is 1. The van der Waals surface area contributed by atoms with Gasteiger partial charge in [0.1, 0.15) is 0 Å². The Hall–Kier alpha value is -1.27. The minimum absolute atomic E-state index is 0.0946. The van der Waals surface area contributed by atoms with Crippen molar-refractivity contribution in [3.63, 3.8) is 0 Å². The summed E-state index contributed by atoms with van der Waals surface area (Å²) in [5.74, 6) is 0.257. The van der Waals surface area contributed by atoms with Gasteiger partial charge in [0, 0.05) is 25.2 Å². The number of thioether (sulfide) groups is 1. The van der Waals surface area contributed by atoms with Gasteiger partial charge in [-0.25, -0.2) is 0 Å². The standard InChI is InChI=1S/C14H20N2O3S/c1-11(2)13(14(17)15-7-9-19-10-8-15)20-12-5-3-4-6-16(12)18/h3-6,11,13H,7-10H2,1-2H3/t13-/m1/s1. The molecule has 1 aromatic rings. The Bertz CT molecular complexity index is 461. The second kappa shape index (κ2) is 6.95. The molecule has 1 aliphatic rings. The van der Waals surface area contributed by atoms with Crippen molar-refractivity contribution in [2.45, 2.75) is 24.1 Å². The van der Waals surface area contributed by atoms with Crippen LogP contribution in [-0.2, 0) is 9.53 Å². The highest BCUT2D eigenvalue weighted by molar-refractivity contribution is 8.00. The van der Waals surface area contributed by atoms with Gasteiger partial charge in [-0.2, -0.15) is 4.73 Å². The van der Waals surface area contributed by atoms with Gasteiger partial charge in [0.25, 0.3) is 5.03 Å². The molecule has 0 saturated carbocycles. The Labute approximate surface area is 123 Å². The average molecular weight is 296 g/mol. The summed E-state index contributed by atoms with van der Waals surface area (Å²) in [6.07, 6.45) is 1.46. The lowest BCUT2D eigenvalue weighted by Gasteiger charge is -2.31. The van der Waals surface area contributed by atoms with Crippen LogP contribution in [0.25, 0.3) is 0 Å². The van der Waals surface area contributed by atoms with E-state index in [1.54, 1.807) is 12.1 Å². The lowest BCUT2D eigenvalue weighted by atomic mass is 10.1. The van der Waals surface area contributed by atoms with E-state index in [1.807, 2.05) is 24.8 Å². The van der Waals surface area contributed by atoms with Crippen LogP contribution in [0.4, 0.5) is 0 Å². The predicted molar refractivity (Wildman–Crippen MR) is 77.3 cm³/mol. The van der Waals surface area contributed by atoms with Gasteiger partial charge in [0.2, 0.25) is 5.91 Å². The van der Waals surface area contributed by atoms with Crippen molar-refractivity contribution in [1.29, 1.82) is 0 Å². The van der Waals surface area contributed by atoms with Gasteiger partial charge in [-0.15, -0.1) is 0 Å². The third-order valence-electron chi connectivity index (χ3n) is 3.21. The molecule has 0 spiro atoms. The summed E-state index contributed by atoms with van der Waals surface area (Å²) in [5, 5.41) is 12.0. The van der Waals surface area contributed by atoms with Crippen LogP contribution in [-0.4, -0.2) is 42.4 Å². The molecule has 1 aromatic heterocycles. The molecule has 1 fully saturated rings. The van der Waals surface area contributed by atoms with Gasteiger partial charge in [-0.1, -0.05) is 13.8 Å². The molecule has 0 aromatic carbocycles. The molecule has 1 amide bonds. The maximum Gasteiger partial charge on any atom is 0.252 e. The molecule has 0 radical (unpaired) electrons. The van der Waals surface area contributed by atoms with Crippen molar-refractivity contribution >= 4 is 17.7 Å². The first kappa shape index (κ1) is 15.1. The van der Waals surface area contributed by atoms with Crippen molar-refractivity contribution < 1.29 is 14.3 Å². The monoisotopic (exact) mass is 296 g/mol. The first-order valence-corrected chi connectivity index (χ1v) is 7.69. The largest absolute Gasteiger partial charge is 0.618 e. The van der Waals surface area contributed by atoms with Gasteiger partial charge in [-0.05, 0) is 23.7 Å². The molecule has 1 aliphatic heterocycles. The molecule has 0 unspecified atom stereocenters. The fourth-order valence-corrected chi connectivity index (χ4v) is 3.17. The third kappa shape index (κ3) is 3.64. The minimum Gasteiger partial charge on any atom is -0.618 e. The SMILES string of the molecule is CC(C)[C@@H](Sc1cccc[n+]1[O-])C(=O)N1CCOCC1. The van der Waals surface area contributed by atoms with E-state index in [0.29, 0.717) is 31.3 Å². The van der Waals surface area contributed by atoms with Gasteiger partial charge in [0.15, 0.2) is 6.20 Å². The van der Waals surface area contributed by atoms with E-state index < -0.39 is 0 Å². The van der Waals surface area contributed by atoms with Crippen LogP contribution < -0.4 is 4.73 Å². The molecule has 2 rings (SSSR count). The van der Waals surface area contributed by atoms with Crippen molar-refractivity contribution in [3.05, 3.63) is 29.6 Å². The first-order chi connectivity index (χ1) is 9.59. The van der Waals surface area contributed by atoms with E-state index in [9.17, 15) is 10.0 Å². The molecular formula is C14H20N2O3S. The van der Waals surface area contributed by atoms with Gasteiger partial charge < -0.3 is 14.8 Å². The van der Waals surface area contributed by atoms with Crippen molar-refractivity contribution in [2.24, 2.45) is 5.92 Å². The summed E-state index contributed by atoms with van der Waals surface area (Å²) in [6, 6.07) is 5.25. The fraction of sp³-hybridized carbons (Fsp3) is 0.571. The zero-order valence-electron chi connectivity index (χ0n) is 11.8. The van der Waals surface area contributed by atoms with Crippen LogP contribution in [0.15, 0.2) is 29.4 Å². The molecule has 0 bridgehead atoms. The normalized spacial score (nSPS) is 17.2. The van der Waals surface area contributed by atoms with Crippen LogP contribution in [0.3, 0.4) is 0 Å². The number of amides is 1. The molecule has 1 saturated heterocycles. The molecule has 5 nitrogen and oxygen atoms in total. The highest BCUT2D eigenvalue weighted by Gasteiger charge is 2.31. The molecule has 1 atom stereocenters. The highest BCUT2D eigenvalue weighted by Crippen LogP contribution is 2.27. The number of rotatable bonds is 4.